The molecule has 3 N–H and O–H groups in total. The first-order chi connectivity index (χ1) is 16.4. The van der Waals surface area contributed by atoms with E-state index in [4.69, 9.17) is 5.10 Å². The normalized spacial score (nSPS) is 20.3. The molecule has 1 unspecified atom stereocenters. The number of benzene rings is 2. The number of urea groups is 1. The number of nitrogens with one attached hydrogen (secondary N) is 3. The summed E-state index contributed by atoms with van der Waals surface area (Å²) >= 11 is 0. The van der Waals surface area contributed by atoms with E-state index >= 15 is 0 Å². The molecule has 3 heterocycles. The van der Waals surface area contributed by atoms with E-state index in [1.165, 1.54) is 0 Å². The number of carbonyl (C=O) groups excluding carboxylic acids is 3. The Kier molecular flexibility index (Phi) is 5.62. The van der Waals surface area contributed by atoms with Gasteiger partial charge in [-0.2, -0.15) is 5.10 Å². The molecule has 9 nitrogen and oxygen atoms in total. The third kappa shape index (κ3) is 4.29. The Morgan fingerprint density at radius 2 is 1.88 bits per heavy atom. The van der Waals surface area contributed by atoms with Crippen LogP contribution in [0.3, 0.4) is 0 Å². The van der Waals surface area contributed by atoms with Gasteiger partial charge in [-0.25, -0.2) is 9.48 Å². The van der Waals surface area contributed by atoms with E-state index in [0.717, 1.165) is 22.5 Å². The number of piperidine rings is 1. The predicted octanol–water partition coefficient (Wildman–Crippen LogP) is 2.46. The summed E-state index contributed by atoms with van der Waals surface area (Å²) in [5, 5.41) is 12.8. The minimum atomic E-state index is -0.958. The van der Waals surface area contributed by atoms with Crippen LogP contribution in [0.4, 0.5) is 10.6 Å². The molecule has 1 aromatic heterocycles. The summed E-state index contributed by atoms with van der Waals surface area (Å²) in [4.78, 5) is 38.9. The van der Waals surface area contributed by atoms with E-state index in [9.17, 15) is 14.4 Å². The summed E-state index contributed by atoms with van der Waals surface area (Å²) in [5.74, 6) is 0.0206. The van der Waals surface area contributed by atoms with Crippen molar-refractivity contribution in [3.05, 3.63) is 66.2 Å². The molecule has 0 aliphatic carbocycles. The van der Waals surface area contributed by atoms with Crippen molar-refractivity contribution in [3.63, 3.8) is 0 Å². The Balaban J connectivity index is 1.36. The van der Waals surface area contributed by atoms with E-state index in [1.807, 2.05) is 72.5 Å². The van der Waals surface area contributed by atoms with Crippen LogP contribution in [0.25, 0.3) is 16.9 Å². The van der Waals surface area contributed by atoms with Crippen LogP contribution in [0.15, 0.2) is 60.7 Å². The largest absolute Gasteiger partial charge is 0.322 e. The number of aryl methyl sites for hydroxylation is 1. The molecule has 2 fully saturated rings. The summed E-state index contributed by atoms with van der Waals surface area (Å²) in [6.07, 6.45) is 1.27. The summed E-state index contributed by atoms with van der Waals surface area (Å²) in [6.45, 7) is 3.10. The molecule has 9 heteroatoms. The second kappa shape index (κ2) is 8.75. The van der Waals surface area contributed by atoms with Crippen LogP contribution in [0.5, 0.6) is 0 Å². The minimum absolute atomic E-state index is 0.102. The second-order valence-electron chi connectivity index (χ2n) is 8.88. The standard InChI is InChI=1S/C25H26N6O3/c1-17-8-10-18(11-9-17)20-14-21(31(29-20)19-6-3-2-4-7-19)26-22(32)15-30-13-5-12-25(16-30)23(33)27-24(34)28-25/h2-4,6-11,14H,5,12-13,15-16H2,1H3,(H,26,32)(H2,27,28,33,34). The molecule has 2 saturated heterocycles. The Labute approximate surface area is 197 Å². The highest BCUT2D eigenvalue weighted by molar-refractivity contribution is 6.07. The summed E-state index contributed by atoms with van der Waals surface area (Å²) in [7, 11) is 0. The van der Waals surface area contributed by atoms with Crippen LogP contribution in [0.2, 0.25) is 0 Å². The molecule has 0 radical (unpaired) electrons. The van der Waals surface area contributed by atoms with E-state index in [0.29, 0.717) is 31.7 Å². The number of rotatable bonds is 5. The molecule has 4 amide bonds. The molecule has 2 aliphatic heterocycles. The van der Waals surface area contributed by atoms with E-state index in [1.54, 1.807) is 4.68 Å². The van der Waals surface area contributed by atoms with Crippen molar-refractivity contribution < 1.29 is 14.4 Å². The van der Waals surface area contributed by atoms with Crippen molar-refractivity contribution in [1.29, 1.82) is 0 Å². The predicted molar refractivity (Wildman–Crippen MR) is 127 cm³/mol. The molecule has 174 valence electrons. The van der Waals surface area contributed by atoms with Crippen molar-refractivity contribution in [2.45, 2.75) is 25.3 Å². The first-order valence-electron chi connectivity index (χ1n) is 11.3. The fourth-order valence-corrected chi connectivity index (χ4v) is 4.58. The number of nitrogens with zero attached hydrogens (tertiary/aromatic N) is 3. The Morgan fingerprint density at radius 1 is 1.12 bits per heavy atom. The van der Waals surface area contributed by atoms with Gasteiger partial charge in [-0.3, -0.25) is 19.8 Å². The molecule has 34 heavy (non-hydrogen) atoms. The van der Waals surface area contributed by atoms with Gasteiger partial charge in [0.1, 0.15) is 11.4 Å². The van der Waals surface area contributed by atoms with Crippen LogP contribution in [-0.2, 0) is 9.59 Å². The molecule has 2 aliphatic rings. The lowest BCUT2D eigenvalue weighted by atomic mass is 9.89. The molecular weight excluding hydrogens is 432 g/mol. The Morgan fingerprint density at radius 3 is 2.59 bits per heavy atom. The fraction of sp³-hybridized carbons (Fsp3) is 0.280. The van der Waals surface area contributed by atoms with Gasteiger partial charge in [-0.15, -0.1) is 0 Å². The van der Waals surface area contributed by atoms with Crippen LogP contribution in [0, 0.1) is 6.92 Å². The zero-order valence-electron chi connectivity index (χ0n) is 18.9. The van der Waals surface area contributed by atoms with E-state index < -0.39 is 11.6 Å². The Bertz CT molecular complexity index is 1240. The van der Waals surface area contributed by atoms with Gasteiger partial charge in [0.15, 0.2) is 0 Å². The van der Waals surface area contributed by atoms with Crippen LogP contribution >= 0.6 is 0 Å². The van der Waals surface area contributed by atoms with Crippen molar-refractivity contribution in [2.75, 3.05) is 25.0 Å². The van der Waals surface area contributed by atoms with Crippen molar-refractivity contribution in [1.82, 2.24) is 25.3 Å². The minimum Gasteiger partial charge on any atom is -0.322 e. The number of imide groups is 1. The van der Waals surface area contributed by atoms with Gasteiger partial charge in [0, 0.05) is 18.2 Å². The highest BCUT2D eigenvalue weighted by Crippen LogP contribution is 2.26. The molecule has 5 rings (SSSR count). The van der Waals surface area contributed by atoms with Crippen LogP contribution in [-0.4, -0.2) is 57.7 Å². The smallest absolute Gasteiger partial charge is 0.322 e. The maximum absolute atomic E-state index is 13.0. The lowest BCUT2D eigenvalue weighted by Gasteiger charge is -2.37. The summed E-state index contributed by atoms with van der Waals surface area (Å²) < 4.78 is 1.72. The Hall–Kier alpha value is -3.98. The molecule has 0 bridgehead atoms. The van der Waals surface area contributed by atoms with E-state index in [-0.39, 0.29) is 18.4 Å². The van der Waals surface area contributed by atoms with Crippen molar-refractivity contribution in [2.24, 2.45) is 0 Å². The quantitative estimate of drug-likeness (QED) is 0.509. The van der Waals surface area contributed by atoms with Gasteiger partial charge in [0.25, 0.3) is 5.91 Å². The molecule has 1 atom stereocenters. The third-order valence-corrected chi connectivity index (χ3v) is 6.28. The molecule has 1 spiro atoms. The molecule has 3 aromatic rings. The topological polar surface area (TPSA) is 108 Å². The molecule has 2 aromatic carbocycles. The van der Waals surface area contributed by atoms with Crippen LogP contribution < -0.4 is 16.0 Å². The van der Waals surface area contributed by atoms with Crippen molar-refractivity contribution in [3.8, 4) is 16.9 Å². The molecular formula is C25H26N6O3. The molecule has 0 saturated carbocycles. The number of likely N-dealkylation sites (tertiary alicyclic amines) is 1. The maximum atomic E-state index is 13.0. The zero-order valence-corrected chi connectivity index (χ0v) is 18.9. The summed E-state index contributed by atoms with van der Waals surface area (Å²) in [5.41, 5.74) is 2.74. The average Bonchev–Trinajstić information content (AvgIpc) is 3.34. The number of para-hydroxylation sites is 1. The number of hydrogen-bond donors (Lipinski definition) is 3. The van der Waals surface area contributed by atoms with Gasteiger partial charge in [0.05, 0.1) is 17.9 Å². The van der Waals surface area contributed by atoms with Gasteiger partial charge in [-0.05, 0) is 38.4 Å². The highest BCUT2D eigenvalue weighted by atomic mass is 16.2. The monoisotopic (exact) mass is 458 g/mol. The first-order valence-corrected chi connectivity index (χ1v) is 11.3. The maximum Gasteiger partial charge on any atom is 0.322 e. The number of amides is 4. The summed E-state index contributed by atoms with van der Waals surface area (Å²) in [6, 6.07) is 19.1. The zero-order chi connectivity index (χ0) is 23.7. The lowest BCUT2D eigenvalue weighted by molar-refractivity contribution is -0.127. The fourth-order valence-electron chi connectivity index (χ4n) is 4.58. The number of hydrogen-bond acceptors (Lipinski definition) is 5. The van der Waals surface area contributed by atoms with Gasteiger partial charge >= 0.3 is 6.03 Å². The highest BCUT2D eigenvalue weighted by Gasteiger charge is 2.48. The number of carbonyl (C=O) groups is 3. The third-order valence-electron chi connectivity index (χ3n) is 6.28. The van der Waals surface area contributed by atoms with Crippen LogP contribution in [0.1, 0.15) is 18.4 Å². The van der Waals surface area contributed by atoms with Gasteiger partial charge in [-0.1, -0.05) is 48.0 Å². The van der Waals surface area contributed by atoms with Gasteiger partial charge in [0.2, 0.25) is 5.91 Å². The number of aromatic nitrogens is 2. The number of anilines is 1. The van der Waals surface area contributed by atoms with E-state index in [2.05, 4.69) is 16.0 Å². The lowest BCUT2D eigenvalue weighted by Crippen LogP contribution is -2.59. The first kappa shape index (κ1) is 21.8. The SMILES string of the molecule is Cc1ccc(-c2cc(NC(=O)CN3CCCC4(C3)NC(=O)NC4=O)n(-c3ccccc3)n2)cc1. The van der Waals surface area contributed by atoms with Crippen molar-refractivity contribution >= 4 is 23.7 Å². The van der Waals surface area contributed by atoms with Gasteiger partial charge < -0.3 is 10.6 Å². The average molecular weight is 459 g/mol. The second-order valence-corrected chi connectivity index (χ2v) is 8.88.